The van der Waals surface area contributed by atoms with Gasteiger partial charge in [-0.2, -0.15) is 0 Å². The van der Waals surface area contributed by atoms with E-state index in [1.165, 1.54) is 24.8 Å². The molecule has 1 saturated heterocycles. The fourth-order valence-electron chi connectivity index (χ4n) is 3.45. The van der Waals surface area contributed by atoms with Crippen molar-refractivity contribution >= 4 is 34.6 Å². The van der Waals surface area contributed by atoms with E-state index in [4.69, 9.17) is 11.6 Å². The molecule has 1 fully saturated rings. The van der Waals surface area contributed by atoms with Crippen LogP contribution >= 0.6 is 11.6 Å². The molecular weight excluding hydrogens is 382 g/mol. The summed E-state index contributed by atoms with van der Waals surface area (Å²) >= 11 is 6.19. The van der Waals surface area contributed by atoms with E-state index in [0.29, 0.717) is 24.8 Å². The molecule has 1 aliphatic rings. The molecule has 2 aromatic carbocycles. The topological polar surface area (TPSA) is 84.7 Å². The first-order chi connectivity index (χ1) is 13.4. The second-order valence-corrected chi connectivity index (χ2v) is 7.25. The van der Waals surface area contributed by atoms with E-state index in [0.717, 1.165) is 18.5 Å². The summed E-state index contributed by atoms with van der Waals surface area (Å²) in [6.07, 6.45) is 1.67. The molecule has 1 heterocycles. The van der Waals surface area contributed by atoms with Crippen molar-refractivity contribution in [3.05, 3.63) is 62.7 Å². The van der Waals surface area contributed by atoms with Crippen LogP contribution in [0, 0.1) is 17.0 Å². The molecule has 0 aromatic heterocycles. The molecule has 0 unspecified atom stereocenters. The van der Waals surface area contributed by atoms with Gasteiger partial charge in [-0.15, -0.1) is 0 Å². The van der Waals surface area contributed by atoms with Crippen molar-refractivity contribution in [2.45, 2.75) is 25.8 Å². The number of nitro groups is 1. The number of halogens is 1. The second kappa shape index (κ2) is 8.48. The largest absolute Gasteiger partial charge is 0.465 e. The third kappa shape index (κ3) is 4.36. The highest BCUT2D eigenvalue weighted by atomic mass is 35.5. The zero-order valence-electron chi connectivity index (χ0n) is 15.8. The number of carbonyl (C=O) groups excluding carboxylic acids is 1. The highest BCUT2D eigenvalue weighted by Crippen LogP contribution is 2.36. The molecule has 0 spiro atoms. The third-order valence-electron chi connectivity index (χ3n) is 4.89. The Labute approximate surface area is 168 Å². The minimum Gasteiger partial charge on any atom is -0.465 e. The Morgan fingerprint density at radius 2 is 2.00 bits per heavy atom. The molecule has 0 radical (unpaired) electrons. The highest BCUT2D eigenvalue weighted by Gasteiger charge is 2.28. The van der Waals surface area contributed by atoms with Crippen LogP contribution in [0.2, 0.25) is 5.02 Å². The minimum absolute atomic E-state index is 0.00406. The van der Waals surface area contributed by atoms with Gasteiger partial charge in [-0.3, -0.25) is 10.1 Å². The van der Waals surface area contributed by atoms with Crippen molar-refractivity contribution in [2.24, 2.45) is 0 Å². The summed E-state index contributed by atoms with van der Waals surface area (Å²) in [5.41, 5.74) is 2.55. The molecule has 3 rings (SSSR count). The molecule has 148 valence electrons. The van der Waals surface area contributed by atoms with E-state index < -0.39 is 10.9 Å². The molecule has 8 heteroatoms. The van der Waals surface area contributed by atoms with E-state index in [-0.39, 0.29) is 16.3 Å². The van der Waals surface area contributed by atoms with Gasteiger partial charge in [0.2, 0.25) is 0 Å². The average molecular weight is 404 g/mol. The molecule has 0 saturated carbocycles. The summed E-state index contributed by atoms with van der Waals surface area (Å²) in [7, 11) is 1.21. The number of hydrogen-bond acceptors (Lipinski definition) is 6. The monoisotopic (exact) mass is 403 g/mol. The summed E-state index contributed by atoms with van der Waals surface area (Å²) in [5, 5.41) is 15.2. The van der Waals surface area contributed by atoms with Crippen molar-refractivity contribution < 1.29 is 14.5 Å². The quantitative estimate of drug-likeness (QED) is 0.451. The molecule has 0 bridgehead atoms. The van der Waals surface area contributed by atoms with Crippen molar-refractivity contribution in [3.8, 4) is 0 Å². The van der Waals surface area contributed by atoms with Crippen LogP contribution in [0.25, 0.3) is 0 Å². The number of nitrogens with zero attached hydrogens (tertiary/aromatic N) is 2. The van der Waals surface area contributed by atoms with Gasteiger partial charge in [0.25, 0.3) is 5.69 Å². The zero-order valence-corrected chi connectivity index (χ0v) is 16.5. The summed E-state index contributed by atoms with van der Waals surface area (Å²) < 4.78 is 4.65. The fourth-order valence-corrected chi connectivity index (χ4v) is 3.69. The van der Waals surface area contributed by atoms with Gasteiger partial charge in [0, 0.05) is 30.9 Å². The van der Waals surface area contributed by atoms with Crippen LogP contribution in [0.4, 0.5) is 17.1 Å². The smallest absolute Gasteiger partial charge is 0.339 e. The van der Waals surface area contributed by atoms with Crippen molar-refractivity contribution in [3.63, 3.8) is 0 Å². The number of benzene rings is 2. The number of piperidine rings is 1. The van der Waals surface area contributed by atoms with Gasteiger partial charge in [-0.05, 0) is 43.5 Å². The SMILES string of the molecule is COC(=O)c1cc([N+](=O)[O-])c(N2CCC(Nc3cccc(C)c3)CC2)cc1Cl. The van der Waals surface area contributed by atoms with Gasteiger partial charge < -0.3 is 15.0 Å². The maximum absolute atomic E-state index is 11.8. The Balaban J connectivity index is 1.75. The molecule has 0 aliphatic carbocycles. The van der Waals surface area contributed by atoms with Crippen LogP contribution in [-0.4, -0.2) is 37.1 Å². The lowest BCUT2D eigenvalue weighted by Crippen LogP contribution is -2.39. The summed E-state index contributed by atoms with van der Waals surface area (Å²) in [6, 6.07) is 11.2. The number of nitrogens with one attached hydrogen (secondary N) is 1. The first kappa shape index (κ1) is 19.9. The number of carbonyl (C=O) groups is 1. The van der Waals surface area contributed by atoms with E-state index in [1.54, 1.807) is 0 Å². The molecule has 2 aromatic rings. The van der Waals surface area contributed by atoms with Gasteiger partial charge in [0.1, 0.15) is 5.69 Å². The molecule has 28 heavy (non-hydrogen) atoms. The highest BCUT2D eigenvalue weighted by molar-refractivity contribution is 6.34. The summed E-state index contributed by atoms with van der Waals surface area (Å²) in [5.74, 6) is -0.694. The first-order valence-corrected chi connectivity index (χ1v) is 9.41. The lowest BCUT2D eigenvalue weighted by molar-refractivity contribution is -0.384. The number of esters is 1. The number of nitro benzene ring substituents is 1. The van der Waals surface area contributed by atoms with Crippen LogP contribution in [0.3, 0.4) is 0 Å². The van der Waals surface area contributed by atoms with Crippen LogP contribution in [0.15, 0.2) is 36.4 Å². The van der Waals surface area contributed by atoms with E-state index in [1.807, 2.05) is 17.0 Å². The molecule has 0 amide bonds. The van der Waals surface area contributed by atoms with E-state index >= 15 is 0 Å². The number of hydrogen-bond donors (Lipinski definition) is 1. The Hall–Kier alpha value is -2.80. The molecular formula is C20H22ClN3O4. The summed E-state index contributed by atoms with van der Waals surface area (Å²) in [4.78, 5) is 24.8. The van der Waals surface area contributed by atoms with Crippen LogP contribution in [-0.2, 0) is 4.74 Å². The van der Waals surface area contributed by atoms with Crippen molar-refractivity contribution in [1.82, 2.24) is 0 Å². The number of ether oxygens (including phenoxy) is 1. The number of aryl methyl sites for hydroxylation is 1. The van der Waals surface area contributed by atoms with Crippen LogP contribution < -0.4 is 10.2 Å². The lowest BCUT2D eigenvalue weighted by atomic mass is 10.0. The molecule has 1 aliphatic heterocycles. The first-order valence-electron chi connectivity index (χ1n) is 9.03. The number of anilines is 2. The zero-order chi connectivity index (χ0) is 20.3. The van der Waals surface area contributed by atoms with Crippen molar-refractivity contribution in [1.29, 1.82) is 0 Å². The van der Waals surface area contributed by atoms with Crippen LogP contribution in [0.1, 0.15) is 28.8 Å². The Kier molecular flexibility index (Phi) is 6.04. The lowest BCUT2D eigenvalue weighted by Gasteiger charge is -2.34. The predicted molar refractivity (Wildman–Crippen MR) is 109 cm³/mol. The normalized spacial score (nSPS) is 14.6. The maximum Gasteiger partial charge on any atom is 0.339 e. The third-order valence-corrected chi connectivity index (χ3v) is 5.20. The van der Waals surface area contributed by atoms with E-state index in [9.17, 15) is 14.9 Å². The fraction of sp³-hybridized carbons (Fsp3) is 0.350. The standard InChI is InChI=1S/C20H22ClN3O4/c1-13-4-3-5-15(10-13)22-14-6-8-23(9-7-14)18-12-17(21)16(20(25)28-2)11-19(18)24(26)27/h3-5,10-12,14,22H,6-9H2,1-2H3. The average Bonchev–Trinajstić information content (AvgIpc) is 2.67. The van der Waals surface area contributed by atoms with Crippen LogP contribution in [0.5, 0.6) is 0 Å². The Morgan fingerprint density at radius 1 is 1.29 bits per heavy atom. The van der Waals surface area contributed by atoms with E-state index in [2.05, 4.69) is 29.1 Å². The second-order valence-electron chi connectivity index (χ2n) is 6.84. The van der Waals surface area contributed by atoms with Gasteiger partial charge in [0.05, 0.1) is 22.6 Å². The van der Waals surface area contributed by atoms with Gasteiger partial charge in [-0.1, -0.05) is 23.7 Å². The van der Waals surface area contributed by atoms with Gasteiger partial charge in [-0.25, -0.2) is 4.79 Å². The predicted octanol–water partition coefficient (Wildman–Crippen LogP) is 4.42. The number of methoxy groups -OCH3 is 1. The minimum atomic E-state index is -0.694. The van der Waals surface area contributed by atoms with Gasteiger partial charge in [0.15, 0.2) is 0 Å². The number of rotatable bonds is 5. The maximum atomic E-state index is 11.8. The van der Waals surface area contributed by atoms with Crippen molar-refractivity contribution in [2.75, 3.05) is 30.4 Å². The molecule has 1 N–H and O–H groups in total. The Bertz CT molecular complexity index is 895. The summed E-state index contributed by atoms with van der Waals surface area (Å²) in [6.45, 7) is 3.35. The van der Waals surface area contributed by atoms with Gasteiger partial charge >= 0.3 is 5.97 Å². The molecule has 7 nitrogen and oxygen atoms in total. The Morgan fingerprint density at radius 3 is 2.61 bits per heavy atom. The molecule has 0 atom stereocenters.